The molecular formula is C23H26N6O. The largest absolute Gasteiger partial charge is 0.339 e. The van der Waals surface area contributed by atoms with Gasteiger partial charge in [0, 0.05) is 55.8 Å². The number of nitrogens with zero attached hydrogens (tertiary/aromatic N) is 5. The number of aryl methyl sites for hydroxylation is 2. The lowest BCUT2D eigenvalue weighted by molar-refractivity contribution is -0.127. The minimum Gasteiger partial charge on any atom is -0.339 e. The molecule has 0 aliphatic carbocycles. The van der Waals surface area contributed by atoms with Crippen molar-refractivity contribution in [3.63, 3.8) is 0 Å². The number of aromatic nitrogens is 4. The Labute approximate surface area is 176 Å². The molecule has 154 valence electrons. The van der Waals surface area contributed by atoms with Crippen molar-refractivity contribution in [2.45, 2.75) is 25.7 Å². The molecule has 0 spiro atoms. The molecule has 0 aromatic carbocycles. The summed E-state index contributed by atoms with van der Waals surface area (Å²) in [5.74, 6) is 1.88. The van der Waals surface area contributed by atoms with E-state index >= 15 is 0 Å². The van der Waals surface area contributed by atoms with Gasteiger partial charge in [-0.05, 0) is 55.7 Å². The molecule has 0 bridgehead atoms. The highest BCUT2D eigenvalue weighted by atomic mass is 16.2. The van der Waals surface area contributed by atoms with Crippen molar-refractivity contribution in [2.24, 2.45) is 7.05 Å². The van der Waals surface area contributed by atoms with Crippen LogP contribution in [0.2, 0.25) is 0 Å². The summed E-state index contributed by atoms with van der Waals surface area (Å²) < 4.78 is 1.72. The number of piperidine rings is 1. The molecule has 30 heavy (non-hydrogen) atoms. The zero-order valence-corrected chi connectivity index (χ0v) is 17.3. The van der Waals surface area contributed by atoms with Gasteiger partial charge in [-0.2, -0.15) is 5.10 Å². The highest BCUT2D eigenvalue weighted by Crippen LogP contribution is 2.28. The Hall–Kier alpha value is -3.48. The molecule has 0 saturated carbocycles. The fraction of sp³-hybridized carbons (Fsp3) is 0.304. The van der Waals surface area contributed by atoms with Gasteiger partial charge in [0.05, 0.1) is 6.20 Å². The molecule has 1 unspecified atom stereocenters. The molecular weight excluding hydrogens is 376 g/mol. The van der Waals surface area contributed by atoms with Gasteiger partial charge in [0.2, 0.25) is 5.91 Å². The Morgan fingerprint density at radius 1 is 1.27 bits per heavy atom. The number of carbonyl (C=O) groups is 1. The second-order valence-corrected chi connectivity index (χ2v) is 7.67. The molecule has 3 aromatic rings. The number of anilines is 2. The number of likely N-dealkylation sites (tertiary alicyclic amines) is 1. The lowest BCUT2D eigenvalue weighted by Crippen LogP contribution is -2.38. The summed E-state index contributed by atoms with van der Waals surface area (Å²) in [6.45, 7) is 3.46. The van der Waals surface area contributed by atoms with Crippen LogP contribution in [-0.4, -0.2) is 43.6 Å². The van der Waals surface area contributed by atoms with Crippen molar-refractivity contribution in [3.05, 3.63) is 71.8 Å². The van der Waals surface area contributed by atoms with E-state index < -0.39 is 0 Å². The number of pyridine rings is 2. The van der Waals surface area contributed by atoms with Crippen molar-refractivity contribution in [2.75, 3.05) is 18.4 Å². The maximum atomic E-state index is 12.7. The zero-order chi connectivity index (χ0) is 20.9. The molecule has 1 saturated heterocycles. The molecule has 1 N–H and O–H groups in total. The van der Waals surface area contributed by atoms with E-state index in [0.29, 0.717) is 12.5 Å². The van der Waals surface area contributed by atoms with E-state index in [1.165, 1.54) is 5.56 Å². The fourth-order valence-electron chi connectivity index (χ4n) is 3.76. The maximum Gasteiger partial charge on any atom is 0.246 e. The van der Waals surface area contributed by atoms with Gasteiger partial charge in [-0.25, -0.2) is 9.97 Å². The highest BCUT2D eigenvalue weighted by molar-refractivity contribution is 5.91. The molecule has 1 fully saturated rings. The lowest BCUT2D eigenvalue weighted by atomic mass is 9.91. The Morgan fingerprint density at radius 2 is 2.17 bits per heavy atom. The summed E-state index contributed by atoms with van der Waals surface area (Å²) in [5, 5.41) is 7.40. The second-order valence-electron chi connectivity index (χ2n) is 7.67. The molecule has 7 nitrogen and oxygen atoms in total. The predicted molar refractivity (Wildman–Crippen MR) is 117 cm³/mol. The third kappa shape index (κ3) is 4.92. The Bertz CT molecular complexity index is 1060. The molecule has 4 heterocycles. The van der Waals surface area contributed by atoms with Gasteiger partial charge in [0.1, 0.15) is 11.6 Å². The molecule has 1 aliphatic heterocycles. The van der Waals surface area contributed by atoms with Crippen molar-refractivity contribution >= 4 is 23.6 Å². The van der Waals surface area contributed by atoms with Gasteiger partial charge in [-0.15, -0.1) is 0 Å². The summed E-state index contributed by atoms with van der Waals surface area (Å²) in [4.78, 5) is 23.5. The van der Waals surface area contributed by atoms with Crippen molar-refractivity contribution in [1.82, 2.24) is 24.6 Å². The average molecular weight is 403 g/mol. The van der Waals surface area contributed by atoms with Crippen LogP contribution in [0.25, 0.3) is 6.08 Å². The SMILES string of the molecule is Cc1cccc(Nc2cc(C3CCCN(C(=O)/C=C/c4cnn(C)c4)C3)ccn2)n1. The van der Waals surface area contributed by atoms with Gasteiger partial charge in [-0.3, -0.25) is 9.48 Å². The second kappa shape index (κ2) is 8.90. The molecule has 0 radical (unpaired) electrons. The Kier molecular flexibility index (Phi) is 5.88. The summed E-state index contributed by atoms with van der Waals surface area (Å²) in [7, 11) is 1.86. The van der Waals surface area contributed by atoms with Crippen LogP contribution in [0.15, 0.2) is 55.0 Å². The molecule has 4 rings (SSSR count). The lowest BCUT2D eigenvalue weighted by Gasteiger charge is -2.32. The molecule has 1 atom stereocenters. The van der Waals surface area contributed by atoms with Crippen molar-refractivity contribution in [3.8, 4) is 0 Å². The van der Waals surface area contributed by atoms with Crippen LogP contribution in [0, 0.1) is 6.92 Å². The Balaban J connectivity index is 1.42. The van der Waals surface area contributed by atoms with Crippen molar-refractivity contribution in [1.29, 1.82) is 0 Å². The number of hydrogen-bond acceptors (Lipinski definition) is 5. The molecule has 3 aromatic heterocycles. The van der Waals surface area contributed by atoms with E-state index in [9.17, 15) is 4.79 Å². The quantitative estimate of drug-likeness (QED) is 0.659. The fourth-order valence-corrected chi connectivity index (χ4v) is 3.76. The van der Waals surface area contributed by atoms with E-state index in [4.69, 9.17) is 0 Å². The van der Waals surface area contributed by atoms with Crippen LogP contribution in [0.5, 0.6) is 0 Å². The normalized spacial score (nSPS) is 16.7. The number of amides is 1. The van der Waals surface area contributed by atoms with Crippen molar-refractivity contribution < 1.29 is 4.79 Å². The monoisotopic (exact) mass is 402 g/mol. The van der Waals surface area contributed by atoms with Gasteiger partial charge in [0.15, 0.2) is 0 Å². The maximum absolute atomic E-state index is 12.7. The van der Waals surface area contributed by atoms with E-state index in [1.807, 2.05) is 61.6 Å². The third-order valence-corrected chi connectivity index (χ3v) is 5.28. The minimum atomic E-state index is 0.0416. The van der Waals surface area contributed by atoms with Crippen LogP contribution in [0.3, 0.4) is 0 Å². The summed E-state index contributed by atoms with van der Waals surface area (Å²) in [6.07, 6.45) is 11.0. The first-order valence-electron chi connectivity index (χ1n) is 10.2. The number of carbonyl (C=O) groups excluding carboxylic acids is 1. The summed E-state index contributed by atoms with van der Waals surface area (Å²) in [5.41, 5.74) is 3.07. The van der Waals surface area contributed by atoms with Gasteiger partial charge < -0.3 is 10.2 Å². The van der Waals surface area contributed by atoms with E-state index in [-0.39, 0.29) is 5.91 Å². The smallest absolute Gasteiger partial charge is 0.246 e. The van der Waals surface area contributed by atoms with Crippen LogP contribution in [0.1, 0.15) is 35.6 Å². The van der Waals surface area contributed by atoms with E-state index in [0.717, 1.165) is 42.3 Å². The van der Waals surface area contributed by atoms with Crippen LogP contribution in [-0.2, 0) is 11.8 Å². The average Bonchev–Trinajstić information content (AvgIpc) is 3.17. The van der Waals surface area contributed by atoms with Gasteiger partial charge in [-0.1, -0.05) is 6.07 Å². The predicted octanol–water partition coefficient (Wildman–Crippen LogP) is 3.68. The minimum absolute atomic E-state index is 0.0416. The Morgan fingerprint density at radius 3 is 2.97 bits per heavy atom. The first-order valence-corrected chi connectivity index (χ1v) is 10.2. The number of rotatable bonds is 5. The first kappa shape index (κ1) is 19.8. The number of nitrogens with one attached hydrogen (secondary N) is 1. The molecule has 1 aliphatic rings. The molecule has 7 heteroatoms. The number of hydrogen-bond donors (Lipinski definition) is 1. The van der Waals surface area contributed by atoms with Crippen LogP contribution >= 0.6 is 0 Å². The summed E-state index contributed by atoms with van der Waals surface area (Å²) >= 11 is 0. The van der Waals surface area contributed by atoms with E-state index in [2.05, 4.69) is 26.4 Å². The van der Waals surface area contributed by atoms with Gasteiger partial charge >= 0.3 is 0 Å². The third-order valence-electron chi connectivity index (χ3n) is 5.28. The standard InChI is InChI=1S/C23H26N6O/c1-17-5-3-7-21(26-17)27-22-13-19(10-11-24-22)20-6-4-12-29(16-20)23(30)9-8-18-14-25-28(2)15-18/h3,5,7-11,13-15,20H,4,6,12,16H2,1-2H3,(H,24,26,27)/b9-8+. The summed E-state index contributed by atoms with van der Waals surface area (Å²) in [6, 6.07) is 9.97. The zero-order valence-electron chi connectivity index (χ0n) is 17.3. The van der Waals surface area contributed by atoms with Crippen LogP contribution < -0.4 is 5.32 Å². The van der Waals surface area contributed by atoms with Gasteiger partial charge in [0.25, 0.3) is 0 Å². The van der Waals surface area contributed by atoms with Crippen LogP contribution in [0.4, 0.5) is 11.6 Å². The molecule has 1 amide bonds. The first-order chi connectivity index (χ1) is 14.6. The topological polar surface area (TPSA) is 75.9 Å². The highest BCUT2D eigenvalue weighted by Gasteiger charge is 2.24. The van der Waals surface area contributed by atoms with E-state index in [1.54, 1.807) is 17.0 Å².